The molecule has 1 aliphatic rings. The van der Waals surface area contributed by atoms with E-state index in [1.54, 1.807) is 0 Å². The first-order valence-electron chi connectivity index (χ1n) is 22.3. The van der Waals surface area contributed by atoms with Gasteiger partial charge in [0.25, 0.3) is 0 Å². The molecule has 6 unspecified atom stereocenters. The molecule has 6 atom stereocenters. The second-order valence-corrected chi connectivity index (χ2v) is 21.2. The van der Waals surface area contributed by atoms with Crippen molar-refractivity contribution in [2.75, 3.05) is 99.3 Å². The fourth-order valence-corrected chi connectivity index (χ4v) is 11.7. The van der Waals surface area contributed by atoms with Crippen LogP contribution in [0.5, 0.6) is 0 Å². The summed E-state index contributed by atoms with van der Waals surface area (Å²) >= 11 is 6.56. The molecule has 0 aliphatic heterocycles. The summed E-state index contributed by atoms with van der Waals surface area (Å²) in [6, 6.07) is 0. The molecule has 0 aromatic heterocycles. The van der Waals surface area contributed by atoms with Crippen LogP contribution in [0.2, 0.25) is 0 Å². The monoisotopic (exact) mass is 834 g/mol. The lowest BCUT2D eigenvalue weighted by Gasteiger charge is -2.36. The Morgan fingerprint density at radius 2 is 1.18 bits per heavy atom. The van der Waals surface area contributed by atoms with Crippen molar-refractivity contribution < 1.29 is 9.59 Å². The van der Waals surface area contributed by atoms with Gasteiger partial charge in [0.15, 0.2) is 0 Å². The Morgan fingerprint density at radius 3 is 1.65 bits per heavy atom. The molecule has 0 aromatic carbocycles. The van der Waals surface area contributed by atoms with Gasteiger partial charge in [-0.25, -0.2) is 0 Å². The highest BCUT2D eigenvalue weighted by atomic mass is 32.2. The van der Waals surface area contributed by atoms with Gasteiger partial charge in [0.1, 0.15) is 12.6 Å². The second kappa shape index (κ2) is 40.9. The first-order chi connectivity index (χ1) is 26.4. The molecule has 0 saturated heterocycles. The van der Waals surface area contributed by atoms with Crippen LogP contribution < -0.4 is 11.1 Å². The molecule has 0 aromatic rings. The molecule has 1 saturated carbocycles. The smallest absolute Gasteiger partial charge is 0.123 e. The maximum atomic E-state index is 11.6. The van der Waals surface area contributed by atoms with Crippen LogP contribution in [0.25, 0.3) is 0 Å². The lowest BCUT2D eigenvalue weighted by Crippen LogP contribution is -2.30. The molecular formula is C45H95N5O2S3. The Labute approximate surface area is 357 Å². The number of nitrogens with one attached hydrogen (secondary N) is 1. The Balaban J connectivity index is 0. The molecule has 0 spiro atoms. The van der Waals surface area contributed by atoms with Crippen molar-refractivity contribution in [1.29, 1.82) is 0 Å². The van der Waals surface area contributed by atoms with Crippen LogP contribution in [0, 0.1) is 23.7 Å². The minimum atomic E-state index is 0.287. The average Bonchev–Trinajstić information content (AvgIpc) is 3.13. The normalized spacial score (nSPS) is 18.8. The topological polar surface area (TPSA) is 81.9 Å². The van der Waals surface area contributed by atoms with E-state index >= 15 is 0 Å². The number of aldehydes is 2. The van der Waals surface area contributed by atoms with Gasteiger partial charge >= 0.3 is 0 Å². The number of unbranched alkanes of at least 4 members (excludes halogenated alkanes) is 9. The van der Waals surface area contributed by atoms with E-state index in [2.05, 4.69) is 118 Å². The Hall–Kier alpha value is 0.190. The molecule has 7 nitrogen and oxygen atoms in total. The van der Waals surface area contributed by atoms with Crippen molar-refractivity contribution in [2.24, 2.45) is 29.4 Å². The lowest BCUT2D eigenvalue weighted by atomic mass is 9.79. The zero-order valence-electron chi connectivity index (χ0n) is 38.3. The highest BCUT2D eigenvalue weighted by Gasteiger charge is 2.32. The zero-order valence-corrected chi connectivity index (χ0v) is 40.8. The van der Waals surface area contributed by atoms with Crippen molar-refractivity contribution in [1.82, 2.24) is 20.0 Å². The van der Waals surface area contributed by atoms with Crippen LogP contribution in [0.3, 0.4) is 0 Å². The fraction of sp³-hybridized carbons (Fsp3) is 0.956. The molecule has 0 radical (unpaired) electrons. The van der Waals surface area contributed by atoms with Crippen LogP contribution in [0.15, 0.2) is 0 Å². The van der Waals surface area contributed by atoms with Crippen LogP contribution in [-0.2, 0) is 9.59 Å². The summed E-state index contributed by atoms with van der Waals surface area (Å²) in [4.78, 5) is 27.3. The third-order valence-corrected chi connectivity index (χ3v) is 15.4. The number of rotatable bonds is 33. The van der Waals surface area contributed by atoms with E-state index in [0.717, 1.165) is 67.0 Å². The standard InChI is InChI=1S/C30H61N3OS3.C13H30N2.C2H4O/c1-24(2)28(35-19-16-31(4)5)14-10-25(3)29(36-20-17-32(6)7)15-13-27-12-11-26(23-34)22-30(27)37-21-18-33(8)9;1-15-13-11-9-7-5-3-2-4-6-8-10-12-14;1-2-3/h23-30H,10-22H2,1-9H3;15H,2-14H2,1H3;2H,1H3. The molecule has 0 amide bonds. The van der Waals surface area contributed by atoms with Gasteiger partial charge in [-0.3, -0.25) is 0 Å². The molecule has 1 fully saturated rings. The van der Waals surface area contributed by atoms with E-state index in [1.165, 1.54) is 140 Å². The lowest BCUT2D eigenvalue weighted by molar-refractivity contribution is -0.112. The molecule has 10 heteroatoms. The fourth-order valence-electron chi connectivity index (χ4n) is 7.03. The van der Waals surface area contributed by atoms with E-state index in [1.807, 2.05) is 7.05 Å². The number of nitrogens with two attached hydrogens (primary N) is 1. The summed E-state index contributed by atoms with van der Waals surface area (Å²) in [5, 5.41) is 5.36. The SMILES string of the molecule is CC(C)C(CCC(C)C(CCC1CCC(C=O)CC1SCCN(C)C)SCCN(C)C)SCCN(C)C.CC=O.CNCCCCCCCCCCCCN. The van der Waals surface area contributed by atoms with Crippen LogP contribution in [0.1, 0.15) is 137 Å². The Bertz CT molecular complexity index is 811. The largest absolute Gasteiger partial charge is 0.330 e. The molecule has 3 N–H and O–H groups in total. The van der Waals surface area contributed by atoms with Crippen LogP contribution in [-0.4, -0.2) is 142 Å². The third kappa shape index (κ3) is 37.0. The predicted octanol–water partition coefficient (Wildman–Crippen LogP) is 9.72. The second-order valence-electron chi connectivity index (χ2n) is 17.1. The van der Waals surface area contributed by atoms with Crippen molar-refractivity contribution in [3.63, 3.8) is 0 Å². The summed E-state index contributed by atoms with van der Waals surface area (Å²) in [7, 11) is 15.1. The highest BCUT2D eigenvalue weighted by molar-refractivity contribution is 8.00. The molecule has 330 valence electrons. The number of thioether (sulfide) groups is 3. The summed E-state index contributed by atoms with van der Waals surface area (Å²) in [6.45, 7) is 14.3. The number of carbonyl (C=O) groups is 2. The van der Waals surface area contributed by atoms with E-state index in [9.17, 15) is 4.79 Å². The molecule has 1 aliphatic carbocycles. The third-order valence-electron chi connectivity index (χ3n) is 10.8. The average molecular weight is 834 g/mol. The number of hydrogen-bond acceptors (Lipinski definition) is 10. The van der Waals surface area contributed by atoms with Gasteiger partial charge in [0.2, 0.25) is 0 Å². The first kappa shape index (κ1) is 57.3. The van der Waals surface area contributed by atoms with E-state index in [0.29, 0.717) is 5.25 Å². The van der Waals surface area contributed by atoms with Gasteiger partial charge in [-0.15, -0.1) is 0 Å². The Morgan fingerprint density at radius 1 is 0.691 bits per heavy atom. The summed E-state index contributed by atoms with van der Waals surface area (Å²) in [5.74, 6) is 6.21. The van der Waals surface area contributed by atoms with Crippen molar-refractivity contribution >= 4 is 47.9 Å². The molecule has 0 bridgehead atoms. The van der Waals surface area contributed by atoms with Crippen molar-refractivity contribution in [3.05, 3.63) is 0 Å². The van der Waals surface area contributed by atoms with E-state index in [-0.39, 0.29) is 5.92 Å². The quantitative estimate of drug-likeness (QED) is 0.0493. The maximum absolute atomic E-state index is 11.6. The van der Waals surface area contributed by atoms with Gasteiger partial charge in [-0.2, -0.15) is 35.3 Å². The molecule has 0 heterocycles. The van der Waals surface area contributed by atoms with Gasteiger partial charge in [-0.1, -0.05) is 72.1 Å². The van der Waals surface area contributed by atoms with Crippen LogP contribution in [0.4, 0.5) is 0 Å². The predicted molar refractivity (Wildman–Crippen MR) is 255 cm³/mol. The zero-order chi connectivity index (χ0) is 41.7. The highest BCUT2D eigenvalue weighted by Crippen LogP contribution is 2.40. The van der Waals surface area contributed by atoms with Crippen LogP contribution >= 0.6 is 35.3 Å². The van der Waals surface area contributed by atoms with Gasteiger partial charge in [-0.05, 0) is 145 Å². The number of hydrogen-bond donors (Lipinski definition) is 2. The minimum Gasteiger partial charge on any atom is -0.330 e. The molecule has 55 heavy (non-hydrogen) atoms. The maximum Gasteiger partial charge on any atom is 0.123 e. The van der Waals surface area contributed by atoms with Gasteiger partial charge in [0, 0.05) is 58.6 Å². The molecular weight excluding hydrogens is 739 g/mol. The summed E-state index contributed by atoms with van der Waals surface area (Å²) < 4.78 is 0. The van der Waals surface area contributed by atoms with E-state index < -0.39 is 0 Å². The molecule has 1 rings (SSSR count). The number of nitrogens with zero attached hydrogens (tertiary/aromatic N) is 3. The minimum absolute atomic E-state index is 0.287. The van der Waals surface area contributed by atoms with Gasteiger partial charge < -0.3 is 35.3 Å². The van der Waals surface area contributed by atoms with Crippen molar-refractivity contribution in [2.45, 2.75) is 153 Å². The number of carbonyl (C=O) groups excluding carboxylic acids is 2. The first-order valence-corrected chi connectivity index (χ1v) is 25.5. The summed E-state index contributed by atoms with van der Waals surface area (Å²) in [5.41, 5.74) is 5.44. The van der Waals surface area contributed by atoms with Crippen molar-refractivity contribution in [3.8, 4) is 0 Å². The van der Waals surface area contributed by atoms with Gasteiger partial charge in [0.05, 0.1) is 0 Å². The van der Waals surface area contributed by atoms with E-state index in [4.69, 9.17) is 10.5 Å². The Kier molecular flexibility index (Phi) is 42.6. The summed E-state index contributed by atoms with van der Waals surface area (Å²) in [6.07, 6.45) is 24.6.